The fraction of sp³-hybridized carbons (Fsp3) is 0.360. The molecule has 0 unspecified atom stereocenters. The summed E-state index contributed by atoms with van der Waals surface area (Å²) in [5.74, 6) is -0.125. The van der Waals surface area contributed by atoms with Crippen LogP contribution in [0.15, 0.2) is 66.7 Å². The van der Waals surface area contributed by atoms with Gasteiger partial charge in [0, 0.05) is 13.1 Å². The quantitative estimate of drug-likeness (QED) is 0.539. The maximum atomic E-state index is 13.3. The van der Waals surface area contributed by atoms with Crippen LogP contribution in [0.2, 0.25) is 0 Å². The Bertz CT molecular complexity index is 907. The fourth-order valence-electron chi connectivity index (χ4n) is 4.41. The van der Waals surface area contributed by atoms with Crippen LogP contribution in [0.1, 0.15) is 24.0 Å². The number of fused-ring (bicyclic) bond motifs is 1. The summed E-state index contributed by atoms with van der Waals surface area (Å²) in [7, 11) is 1.62. The molecule has 156 valence electrons. The Labute approximate surface area is 177 Å². The SMILES string of the molecule is COc1ccc(COC(=O)[C@H]2CC=C[C@H]3CCN(Cc4ccccc4)C(=O)[C@@H]23)cc1. The van der Waals surface area contributed by atoms with Crippen molar-refractivity contribution in [2.45, 2.75) is 26.0 Å². The van der Waals surface area contributed by atoms with Gasteiger partial charge in [-0.2, -0.15) is 0 Å². The first-order chi connectivity index (χ1) is 14.7. The summed E-state index contributed by atoms with van der Waals surface area (Å²) in [5, 5.41) is 0. The third-order valence-corrected chi connectivity index (χ3v) is 6.06. The summed E-state index contributed by atoms with van der Waals surface area (Å²) in [6.45, 7) is 1.50. The van der Waals surface area contributed by atoms with E-state index in [1.54, 1.807) is 7.11 Å². The van der Waals surface area contributed by atoms with Crippen LogP contribution in [0.5, 0.6) is 5.75 Å². The van der Waals surface area contributed by atoms with E-state index in [0.717, 1.165) is 23.3 Å². The highest BCUT2D eigenvalue weighted by Gasteiger charge is 2.45. The number of methoxy groups -OCH3 is 1. The van der Waals surface area contributed by atoms with Gasteiger partial charge in [-0.05, 0) is 42.0 Å². The first kappa shape index (κ1) is 20.2. The first-order valence-electron chi connectivity index (χ1n) is 10.4. The number of esters is 1. The summed E-state index contributed by atoms with van der Waals surface area (Å²) >= 11 is 0. The summed E-state index contributed by atoms with van der Waals surface area (Å²) in [6, 6.07) is 17.4. The average Bonchev–Trinajstić information content (AvgIpc) is 2.80. The van der Waals surface area contributed by atoms with E-state index in [4.69, 9.17) is 9.47 Å². The van der Waals surface area contributed by atoms with Gasteiger partial charge in [0.05, 0.1) is 18.9 Å². The minimum absolute atomic E-state index is 0.0610. The van der Waals surface area contributed by atoms with Crippen molar-refractivity contribution in [3.05, 3.63) is 77.9 Å². The molecule has 1 aliphatic carbocycles. The summed E-state index contributed by atoms with van der Waals surface area (Å²) in [4.78, 5) is 28.1. The van der Waals surface area contributed by atoms with Gasteiger partial charge < -0.3 is 14.4 Å². The largest absolute Gasteiger partial charge is 0.497 e. The molecule has 2 aliphatic rings. The number of amides is 1. The standard InChI is InChI=1S/C25H27NO4/c1-29-21-12-10-19(11-13-21)17-30-25(28)22-9-5-8-20-14-15-26(24(27)23(20)22)16-18-6-3-2-4-7-18/h2-8,10-13,20,22-23H,9,14-17H2,1H3/t20-,22-,23+/m0/s1. The van der Waals surface area contributed by atoms with Crippen LogP contribution in [0.3, 0.4) is 0 Å². The number of rotatable bonds is 6. The molecule has 0 N–H and O–H groups in total. The lowest BCUT2D eigenvalue weighted by Gasteiger charge is -2.41. The number of hydrogen-bond acceptors (Lipinski definition) is 4. The van der Waals surface area contributed by atoms with Crippen molar-refractivity contribution >= 4 is 11.9 Å². The lowest BCUT2D eigenvalue weighted by atomic mass is 9.71. The fourth-order valence-corrected chi connectivity index (χ4v) is 4.41. The third-order valence-electron chi connectivity index (χ3n) is 6.06. The molecule has 5 heteroatoms. The molecule has 0 aromatic heterocycles. The van der Waals surface area contributed by atoms with Gasteiger partial charge in [0.2, 0.25) is 5.91 Å². The van der Waals surface area contributed by atoms with Gasteiger partial charge >= 0.3 is 5.97 Å². The topological polar surface area (TPSA) is 55.8 Å². The van der Waals surface area contributed by atoms with E-state index in [9.17, 15) is 9.59 Å². The van der Waals surface area contributed by atoms with Crippen LogP contribution < -0.4 is 4.74 Å². The normalized spacial score (nSPS) is 23.0. The molecule has 3 atom stereocenters. The van der Waals surface area contributed by atoms with Gasteiger partial charge in [-0.3, -0.25) is 9.59 Å². The van der Waals surface area contributed by atoms with Crippen molar-refractivity contribution in [2.24, 2.45) is 17.8 Å². The minimum atomic E-state index is -0.427. The van der Waals surface area contributed by atoms with Crippen LogP contribution in [0.25, 0.3) is 0 Å². The molecule has 1 amide bonds. The molecule has 2 aromatic rings. The molecule has 0 radical (unpaired) electrons. The predicted octanol–water partition coefficient (Wildman–Crippen LogP) is 3.98. The molecular weight excluding hydrogens is 378 g/mol. The molecule has 30 heavy (non-hydrogen) atoms. The Morgan fingerprint density at radius 3 is 2.57 bits per heavy atom. The van der Waals surface area contributed by atoms with Crippen LogP contribution in [-0.2, 0) is 27.5 Å². The number of hydrogen-bond donors (Lipinski definition) is 0. The highest BCUT2D eigenvalue weighted by molar-refractivity contribution is 5.87. The zero-order valence-corrected chi connectivity index (χ0v) is 17.2. The minimum Gasteiger partial charge on any atom is -0.497 e. The first-order valence-corrected chi connectivity index (χ1v) is 10.4. The van der Waals surface area contributed by atoms with Crippen molar-refractivity contribution < 1.29 is 19.1 Å². The second-order valence-corrected chi connectivity index (χ2v) is 7.95. The van der Waals surface area contributed by atoms with Crippen molar-refractivity contribution in [1.82, 2.24) is 4.90 Å². The van der Waals surface area contributed by atoms with Gasteiger partial charge in [0.25, 0.3) is 0 Å². The number of likely N-dealkylation sites (tertiary alicyclic amines) is 1. The van der Waals surface area contributed by atoms with E-state index in [-0.39, 0.29) is 30.3 Å². The molecule has 5 nitrogen and oxygen atoms in total. The van der Waals surface area contributed by atoms with E-state index in [1.165, 1.54) is 0 Å². The van der Waals surface area contributed by atoms with Gasteiger partial charge in [0.15, 0.2) is 0 Å². The van der Waals surface area contributed by atoms with Crippen molar-refractivity contribution in [3.8, 4) is 5.75 Å². The molecule has 1 aliphatic heterocycles. The second kappa shape index (κ2) is 9.16. The van der Waals surface area contributed by atoms with Crippen LogP contribution in [0.4, 0.5) is 0 Å². The molecule has 0 bridgehead atoms. The Balaban J connectivity index is 1.42. The summed E-state index contributed by atoms with van der Waals surface area (Å²) < 4.78 is 10.8. The van der Waals surface area contributed by atoms with Gasteiger partial charge in [0.1, 0.15) is 12.4 Å². The van der Waals surface area contributed by atoms with Gasteiger partial charge in [-0.15, -0.1) is 0 Å². The average molecular weight is 405 g/mol. The van der Waals surface area contributed by atoms with Crippen molar-refractivity contribution in [3.63, 3.8) is 0 Å². The molecule has 1 fully saturated rings. The number of carbonyl (C=O) groups excluding carboxylic acids is 2. The molecule has 2 aromatic carbocycles. The number of benzene rings is 2. The molecular formula is C25H27NO4. The van der Waals surface area contributed by atoms with Crippen LogP contribution in [-0.4, -0.2) is 30.4 Å². The highest BCUT2D eigenvalue weighted by atomic mass is 16.5. The van der Waals surface area contributed by atoms with Crippen molar-refractivity contribution in [2.75, 3.05) is 13.7 Å². The molecule has 0 saturated carbocycles. The zero-order valence-electron chi connectivity index (χ0n) is 17.2. The Kier molecular flexibility index (Phi) is 6.17. The Hall–Kier alpha value is -3.08. The van der Waals surface area contributed by atoms with E-state index in [0.29, 0.717) is 19.5 Å². The lowest BCUT2D eigenvalue weighted by molar-refractivity contribution is -0.160. The van der Waals surface area contributed by atoms with Crippen molar-refractivity contribution in [1.29, 1.82) is 0 Å². The third kappa shape index (κ3) is 4.40. The number of carbonyl (C=O) groups is 2. The molecule has 1 heterocycles. The second-order valence-electron chi connectivity index (χ2n) is 7.95. The number of nitrogens with zero attached hydrogens (tertiary/aromatic N) is 1. The van der Waals surface area contributed by atoms with Crippen LogP contribution >= 0.6 is 0 Å². The number of piperidine rings is 1. The Morgan fingerprint density at radius 1 is 1.07 bits per heavy atom. The van der Waals surface area contributed by atoms with E-state index >= 15 is 0 Å². The number of allylic oxidation sites excluding steroid dienone is 2. The smallest absolute Gasteiger partial charge is 0.310 e. The van der Waals surface area contributed by atoms with E-state index in [2.05, 4.69) is 6.08 Å². The monoisotopic (exact) mass is 405 g/mol. The maximum absolute atomic E-state index is 13.3. The Morgan fingerprint density at radius 2 is 1.83 bits per heavy atom. The van der Waals surface area contributed by atoms with Crippen LogP contribution in [0, 0.1) is 17.8 Å². The predicted molar refractivity (Wildman–Crippen MR) is 113 cm³/mol. The highest BCUT2D eigenvalue weighted by Crippen LogP contribution is 2.38. The molecule has 1 saturated heterocycles. The molecule has 4 rings (SSSR count). The molecule has 0 spiro atoms. The lowest BCUT2D eigenvalue weighted by Crippen LogP contribution is -2.50. The van der Waals surface area contributed by atoms with E-state index < -0.39 is 5.92 Å². The maximum Gasteiger partial charge on any atom is 0.310 e. The summed E-state index contributed by atoms with van der Waals surface area (Å²) in [6.07, 6.45) is 5.56. The zero-order chi connectivity index (χ0) is 20.9. The summed E-state index contributed by atoms with van der Waals surface area (Å²) in [5.41, 5.74) is 2.00. The van der Waals surface area contributed by atoms with Gasteiger partial charge in [-0.1, -0.05) is 54.6 Å². The van der Waals surface area contributed by atoms with Gasteiger partial charge in [-0.25, -0.2) is 0 Å². The van der Waals surface area contributed by atoms with E-state index in [1.807, 2.05) is 65.6 Å². The number of ether oxygens (including phenoxy) is 2.